The van der Waals surface area contributed by atoms with Gasteiger partial charge in [-0.25, -0.2) is 9.48 Å². The number of hydrogen-bond donors (Lipinski definition) is 1. The van der Waals surface area contributed by atoms with E-state index in [2.05, 4.69) is 43.2 Å². The summed E-state index contributed by atoms with van der Waals surface area (Å²) < 4.78 is 43.1. The van der Waals surface area contributed by atoms with Gasteiger partial charge in [0.25, 0.3) is 0 Å². The van der Waals surface area contributed by atoms with Crippen LogP contribution in [0, 0.1) is 0 Å². The highest BCUT2D eigenvalue weighted by atomic mass is 32.3. The summed E-state index contributed by atoms with van der Waals surface area (Å²) in [5.74, 6) is 0. The molecule has 1 atom stereocenters. The Hall–Kier alpha value is -1.73. The minimum atomic E-state index is -4.77. The van der Waals surface area contributed by atoms with E-state index >= 15 is 0 Å². The Morgan fingerprint density at radius 1 is 1.34 bits per heavy atom. The second-order valence-electron chi connectivity index (χ2n) is 8.83. The molecule has 2 bridgehead atoms. The number of rotatable bonds is 7. The lowest BCUT2D eigenvalue weighted by atomic mass is 10.2. The standard InChI is InChI=1S/C17H28N4O6SSi/c1-17(2,3)29(4,5)26-9-7-13-6-8-20(18-13)14-10-15-12-19(11-14)16(22)21(15)27-28(23,24)25/h6,8,10,15H,7,9,11-12H2,1-5H3,(H,23,24,25). The number of urea groups is 1. The van der Waals surface area contributed by atoms with Crippen LogP contribution in [0.25, 0.3) is 5.70 Å². The van der Waals surface area contributed by atoms with Crippen LogP contribution in [0.5, 0.6) is 0 Å². The summed E-state index contributed by atoms with van der Waals surface area (Å²) in [5, 5.41) is 5.37. The third-order valence-corrected chi connectivity index (χ3v) is 10.5. The topological polar surface area (TPSA) is 114 Å². The molecular formula is C17H28N4O6SSi. The van der Waals surface area contributed by atoms with E-state index in [-0.39, 0.29) is 18.1 Å². The van der Waals surface area contributed by atoms with Crippen molar-refractivity contribution in [2.45, 2.75) is 51.4 Å². The summed E-state index contributed by atoms with van der Waals surface area (Å²) in [5.41, 5.74) is 1.60. The van der Waals surface area contributed by atoms with Crippen LogP contribution in [-0.4, -0.2) is 72.8 Å². The molecule has 1 fully saturated rings. The minimum absolute atomic E-state index is 0.148. The van der Waals surface area contributed by atoms with Crippen molar-refractivity contribution in [1.29, 1.82) is 0 Å². The van der Waals surface area contributed by atoms with Crippen LogP contribution in [0.3, 0.4) is 0 Å². The summed E-state index contributed by atoms with van der Waals surface area (Å²) in [7, 11) is -6.58. The number of carbonyl (C=O) groups is 1. The monoisotopic (exact) mass is 444 g/mol. The van der Waals surface area contributed by atoms with Crippen LogP contribution in [0.2, 0.25) is 18.1 Å². The third-order valence-electron chi connectivity index (χ3n) is 5.65. The van der Waals surface area contributed by atoms with Gasteiger partial charge >= 0.3 is 16.4 Å². The minimum Gasteiger partial charge on any atom is -0.416 e. The molecule has 3 heterocycles. The molecule has 0 radical (unpaired) electrons. The zero-order chi connectivity index (χ0) is 21.6. The van der Waals surface area contributed by atoms with Crippen LogP contribution < -0.4 is 0 Å². The highest BCUT2D eigenvalue weighted by Gasteiger charge is 2.43. The molecule has 10 nitrogen and oxygen atoms in total. The number of hydroxylamine groups is 2. The predicted molar refractivity (Wildman–Crippen MR) is 109 cm³/mol. The summed E-state index contributed by atoms with van der Waals surface area (Å²) >= 11 is 0. The van der Waals surface area contributed by atoms with Crippen molar-refractivity contribution < 1.29 is 26.5 Å². The Balaban J connectivity index is 1.65. The normalized spacial score (nSPS) is 20.4. The smallest absolute Gasteiger partial charge is 0.416 e. The lowest BCUT2D eigenvalue weighted by molar-refractivity contribution is -0.0183. The van der Waals surface area contributed by atoms with Crippen LogP contribution >= 0.6 is 0 Å². The lowest BCUT2D eigenvalue weighted by Crippen LogP contribution is -2.41. The van der Waals surface area contributed by atoms with E-state index in [1.807, 2.05) is 6.07 Å². The van der Waals surface area contributed by atoms with Crippen LogP contribution in [0.15, 0.2) is 18.3 Å². The van der Waals surface area contributed by atoms with Crippen molar-refractivity contribution >= 4 is 30.4 Å². The summed E-state index contributed by atoms with van der Waals surface area (Å²) in [6, 6.07) is 0.660. The molecule has 0 aromatic carbocycles. The zero-order valence-corrected chi connectivity index (χ0v) is 19.1. The van der Waals surface area contributed by atoms with E-state index in [0.717, 1.165) is 11.4 Å². The number of nitrogens with zero attached hydrogens (tertiary/aromatic N) is 4. The van der Waals surface area contributed by atoms with E-state index in [1.54, 1.807) is 17.0 Å². The van der Waals surface area contributed by atoms with Gasteiger partial charge in [-0.3, -0.25) is 4.55 Å². The number of aromatic nitrogens is 2. The molecule has 0 spiro atoms. The van der Waals surface area contributed by atoms with Crippen molar-refractivity contribution in [3.05, 3.63) is 24.0 Å². The molecule has 1 unspecified atom stereocenters. The summed E-state index contributed by atoms with van der Waals surface area (Å²) in [6.07, 6.45) is 4.20. The SMILES string of the molecule is CC(C)(C)[Si](C)(C)OCCc1ccn(C2=CC3CN(C2)C(=O)N3OS(=O)(=O)O)n1. The van der Waals surface area contributed by atoms with Crippen LogP contribution in [-0.2, 0) is 25.5 Å². The fraction of sp³-hybridized carbons (Fsp3) is 0.647. The molecule has 1 N–H and O–H groups in total. The van der Waals surface area contributed by atoms with Gasteiger partial charge in [-0.15, -0.1) is 4.28 Å². The average molecular weight is 445 g/mol. The highest BCUT2D eigenvalue weighted by molar-refractivity contribution is 7.80. The number of hydrogen-bond acceptors (Lipinski definition) is 6. The Kier molecular flexibility index (Phi) is 5.68. The van der Waals surface area contributed by atoms with Gasteiger partial charge in [-0.2, -0.15) is 18.6 Å². The average Bonchev–Trinajstić information content (AvgIpc) is 3.12. The fourth-order valence-electron chi connectivity index (χ4n) is 3.00. The lowest BCUT2D eigenvalue weighted by Gasteiger charge is -2.36. The summed E-state index contributed by atoms with van der Waals surface area (Å²) in [4.78, 5) is 13.7. The molecular weight excluding hydrogens is 416 g/mol. The third kappa shape index (κ3) is 4.89. The second-order valence-corrected chi connectivity index (χ2v) is 14.6. The predicted octanol–water partition coefficient (Wildman–Crippen LogP) is 2.14. The van der Waals surface area contributed by atoms with Gasteiger partial charge in [0.2, 0.25) is 0 Å². The second kappa shape index (κ2) is 7.51. The maximum Gasteiger partial charge on any atom is 0.418 e. The fourth-order valence-corrected chi connectivity index (χ4v) is 4.42. The Bertz CT molecular complexity index is 921. The number of fused-ring (bicyclic) bond motifs is 2. The van der Waals surface area contributed by atoms with Crippen molar-refractivity contribution in [3.8, 4) is 0 Å². The van der Waals surface area contributed by atoms with Gasteiger partial charge < -0.3 is 9.33 Å². The van der Waals surface area contributed by atoms with Gasteiger partial charge in [0.15, 0.2) is 8.32 Å². The molecule has 12 heteroatoms. The van der Waals surface area contributed by atoms with E-state index in [9.17, 15) is 13.2 Å². The van der Waals surface area contributed by atoms with E-state index in [4.69, 9.17) is 8.98 Å². The van der Waals surface area contributed by atoms with Gasteiger partial charge in [0.1, 0.15) is 6.04 Å². The summed E-state index contributed by atoms with van der Waals surface area (Å²) in [6.45, 7) is 12.2. The first kappa shape index (κ1) is 22.0. The molecule has 29 heavy (non-hydrogen) atoms. The van der Waals surface area contributed by atoms with Gasteiger partial charge in [0, 0.05) is 25.8 Å². The molecule has 0 saturated carbocycles. The van der Waals surface area contributed by atoms with Gasteiger partial charge in [-0.1, -0.05) is 20.8 Å². The van der Waals surface area contributed by atoms with E-state index in [0.29, 0.717) is 18.1 Å². The first-order valence-corrected chi connectivity index (χ1v) is 13.7. The molecule has 2 aliphatic heterocycles. The Morgan fingerprint density at radius 2 is 2.03 bits per heavy atom. The van der Waals surface area contributed by atoms with Crippen molar-refractivity contribution in [3.63, 3.8) is 0 Å². The molecule has 2 aliphatic rings. The van der Waals surface area contributed by atoms with Gasteiger partial charge in [0.05, 0.1) is 17.9 Å². The zero-order valence-electron chi connectivity index (χ0n) is 17.3. The highest BCUT2D eigenvalue weighted by Crippen LogP contribution is 2.36. The first-order chi connectivity index (χ1) is 13.3. The van der Waals surface area contributed by atoms with Crippen molar-refractivity contribution in [2.75, 3.05) is 19.7 Å². The quantitative estimate of drug-likeness (QED) is 0.506. The first-order valence-electron chi connectivity index (χ1n) is 9.41. The maximum absolute atomic E-state index is 12.2. The molecule has 1 saturated heterocycles. The van der Waals surface area contributed by atoms with E-state index in [1.165, 1.54) is 4.90 Å². The molecule has 1 aromatic heterocycles. The van der Waals surface area contributed by atoms with E-state index < -0.39 is 30.8 Å². The number of carbonyl (C=O) groups excluding carboxylic acids is 1. The molecule has 0 aliphatic carbocycles. The molecule has 1 aromatic rings. The van der Waals surface area contributed by atoms with Crippen LogP contribution in [0.4, 0.5) is 4.79 Å². The molecule has 2 amide bonds. The number of amides is 2. The van der Waals surface area contributed by atoms with Gasteiger partial charge in [-0.05, 0) is 30.3 Å². The molecule has 162 valence electrons. The largest absolute Gasteiger partial charge is 0.418 e. The molecule has 3 rings (SSSR count). The Labute approximate surface area is 172 Å². The maximum atomic E-state index is 12.2. The van der Waals surface area contributed by atoms with Crippen LogP contribution in [0.1, 0.15) is 26.5 Å². The van der Waals surface area contributed by atoms with Crippen molar-refractivity contribution in [2.24, 2.45) is 0 Å². The Morgan fingerprint density at radius 3 is 2.66 bits per heavy atom. The van der Waals surface area contributed by atoms with Crippen molar-refractivity contribution in [1.82, 2.24) is 19.7 Å².